The Bertz CT molecular complexity index is 427. The van der Waals surface area contributed by atoms with Crippen molar-refractivity contribution in [1.82, 2.24) is 15.1 Å². The van der Waals surface area contributed by atoms with E-state index in [0.717, 1.165) is 16.9 Å². The largest absolute Gasteiger partial charge is 0.435 e. The Kier molecular flexibility index (Phi) is 4.17. The van der Waals surface area contributed by atoms with Crippen LogP contribution in [0.4, 0.5) is 13.2 Å². The van der Waals surface area contributed by atoms with Crippen molar-refractivity contribution in [2.45, 2.75) is 12.7 Å². The van der Waals surface area contributed by atoms with Crippen LogP contribution in [0.2, 0.25) is 0 Å². The second-order valence-electron chi connectivity index (χ2n) is 3.19. The Morgan fingerprint density at radius 2 is 2.24 bits per heavy atom. The predicted molar refractivity (Wildman–Crippen MR) is 55.2 cm³/mol. The number of carbonyl (C=O) groups is 1. The van der Waals surface area contributed by atoms with E-state index >= 15 is 0 Å². The second-order valence-corrected chi connectivity index (χ2v) is 3.72. The number of nitrogens with one attached hydrogen (secondary N) is 1. The molecule has 1 aromatic rings. The van der Waals surface area contributed by atoms with Crippen molar-refractivity contribution in [3.8, 4) is 0 Å². The highest BCUT2D eigenvalue weighted by atomic mass is 35.5. The molecular formula is C9H9ClF3N3O. The third kappa shape index (κ3) is 4.48. The topological polar surface area (TPSA) is 46.9 Å². The standard InChI is InChI=1S/C9H9ClF3N3O/c1-6(10)4-14-8(17)5-16-3-2-7(15-16)9(11,12)13/h2-3H,1,4-5H2,(H,14,17). The van der Waals surface area contributed by atoms with Crippen molar-refractivity contribution in [3.05, 3.63) is 29.6 Å². The molecule has 0 saturated heterocycles. The van der Waals surface area contributed by atoms with E-state index in [0.29, 0.717) is 0 Å². The Labute approximate surface area is 100 Å². The normalized spacial score (nSPS) is 11.3. The minimum atomic E-state index is -4.51. The SMILES string of the molecule is C=C(Cl)CNC(=O)Cn1ccc(C(F)(F)F)n1. The maximum Gasteiger partial charge on any atom is 0.435 e. The van der Waals surface area contributed by atoms with Crippen molar-refractivity contribution in [3.63, 3.8) is 0 Å². The summed E-state index contributed by atoms with van der Waals surface area (Å²) >= 11 is 5.41. The molecule has 0 aromatic carbocycles. The molecule has 17 heavy (non-hydrogen) atoms. The number of carbonyl (C=O) groups excluding carboxylic acids is 1. The molecule has 1 amide bonds. The Morgan fingerprint density at radius 3 is 2.71 bits per heavy atom. The van der Waals surface area contributed by atoms with Gasteiger partial charge in [-0.1, -0.05) is 18.2 Å². The zero-order valence-corrected chi connectivity index (χ0v) is 9.35. The van der Waals surface area contributed by atoms with E-state index < -0.39 is 17.8 Å². The number of nitrogens with zero attached hydrogens (tertiary/aromatic N) is 2. The van der Waals surface area contributed by atoms with E-state index in [1.54, 1.807) is 0 Å². The van der Waals surface area contributed by atoms with Gasteiger partial charge in [-0.3, -0.25) is 9.48 Å². The van der Waals surface area contributed by atoms with E-state index in [4.69, 9.17) is 11.6 Å². The number of halogens is 4. The highest BCUT2D eigenvalue weighted by Crippen LogP contribution is 2.27. The summed E-state index contributed by atoms with van der Waals surface area (Å²) in [7, 11) is 0. The van der Waals surface area contributed by atoms with Crippen LogP contribution in [-0.4, -0.2) is 22.2 Å². The number of amides is 1. The van der Waals surface area contributed by atoms with Crippen LogP contribution >= 0.6 is 11.6 Å². The van der Waals surface area contributed by atoms with Crippen LogP contribution in [0.1, 0.15) is 5.69 Å². The molecule has 1 aromatic heterocycles. The van der Waals surface area contributed by atoms with Crippen LogP contribution in [0.3, 0.4) is 0 Å². The van der Waals surface area contributed by atoms with Gasteiger partial charge in [0.05, 0.1) is 6.54 Å². The van der Waals surface area contributed by atoms with E-state index in [2.05, 4.69) is 17.0 Å². The van der Waals surface area contributed by atoms with Crippen molar-refractivity contribution in [2.75, 3.05) is 6.54 Å². The second kappa shape index (κ2) is 5.22. The molecule has 0 aliphatic carbocycles. The first-order valence-electron chi connectivity index (χ1n) is 4.49. The van der Waals surface area contributed by atoms with Gasteiger partial charge >= 0.3 is 6.18 Å². The summed E-state index contributed by atoms with van der Waals surface area (Å²) in [4.78, 5) is 11.2. The molecular weight excluding hydrogens is 259 g/mol. The van der Waals surface area contributed by atoms with Gasteiger partial charge in [0.1, 0.15) is 6.54 Å². The summed E-state index contributed by atoms with van der Waals surface area (Å²) in [6, 6.07) is 0.799. The molecule has 0 fully saturated rings. The van der Waals surface area contributed by atoms with Gasteiger partial charge in [0.15, 0.2) is 5.69 Å². The minimum absolute atomic E-state index is 0.0633. The third-order valence-corrected chi connectivity index (χ3v) is 1.85. The van der Waals surface area contributed by atoms with Gasteiger partial charge in [-0.25, -0.2) is 0 Å². The number of aromatic nitrogens is 2. The zero-order chi connectivity index (χ0) is 13.1. The first kappa shape index (κ1) is 13.6. The summed E-state index contributed by atoms with van der Waals surface area (Å²) in [5.74, 6) is -0.497. The van der Waals surface area contributed by atoms with Gasteiger partial charge < -0.3 is 5.32 Å². The van der Waals surface area contributed by atoms with Crippen molar-refractivity contribution in [2.24, 2.45) is 0 Å². The van der Waals surface area contributed by atoms with Crippen molar-refractivity contribution in [1.29, 1.82) is 0 Å². The van der Waals surface area contributed by atoms with Crippen LogP contribution < -0.4 is 5.32 Å². The fourth-order valence-electron chi connectivity index (χ4n) is 0.998. The maximum atomic E-state index is 12.2. The number of hydrogen-bond acceptors (Lipinski definition) is 2. The lowest BCUT2D eigenvalue weighted by atomic mass is 10.4. The molecule has 1 heterocycles. The van der Waals surface area contributed by atoms with Crippen LogP contribution in [0.5, 0.6) is 0 Å². The average molecular weight is 268 g/mol. The lowest BCUT2D eigenvalue weighted by Crippen LogP contribution is -2.28. The van der Waals surface area contributed by atoms with Crippen molar-refractivity contribution < 1.29 is 18.0 Å². The number of rotatable bonds is 4. The third-order valence-electron chi connectivity index (χ3n) is 1.71. The van der Waals surface area contributed by atoms with Gasteiger partial charge in [0.2, 0.25) is 5.91 Å². The average Bonchev–Trinajstić information content (AvgIpc) is 2.62. The molecule has 8 heteroatoms. The Balaban J connectivity index is 2.55. The lowest BCUT2D eigenvalue weighted by molar-refractivity contribution is -0.141. The number of alkyl halides is 3. The summed E-state index contributed by atoms with van der Waals surface area (Å²) < 4.78 is 37.5. The van der Waals surface area contributed by atoms with E-state index in [9.17, 15) is 18.0 Å². The van der Waals surface area contributed by atoms with Gasteiger partial charge in [0, 0.05) is 11.2 Å². The molecule has 1 rings (SSSR count). The molecule has 4 nitrogen and oxygen atoms in total. The molecule has 0 unspecified atom stereocenters. The lowest BCUT2D eigenvalue weighted by Gasteiger charge is -2.04. The molecule has 0 aliphatic rings. The highest BCUT2D eigenvalue weighted by Gasteiger charge is 2.33. The van der Waals surface area contributed by atoms with E-state index in [1.165, 1.54) is 0 Å². The minimum Gasteiger partial charge on any atom is -0.350 e. The molecule has 1 N–H and O–H groups in total. The summed E-state index contributed by atoms with van der Waals surface area (Å²) in [6.07, 6.45) is -3.43. The van der Waals surface area contributed by atoms with Gasteiger partial charge in [-0.15, -0.1) is 0 Å². The smallest absolute Gasteiger partial charge is 0.350 e. The first-order valence-corrected chi connectivity index (χ1v) is 4.87. The van der Waals surface area contributed by atoms with Crippen LogP contribution in [-0.2, 0) is 17.5 Å². The molecule has 0 radical (unpaired) electrons. The summed E-state index contributed by atoms with van der Waals surface area (Å²) in [5, 5.41) is 5.82. The van der Waals surface area contributed by atoms with Gasteiger partial charge in [-0.2, -0.15) is 18.3 Å². The molecule has 0 bridgehead atoms. The molecule has 0 spiro atoms. The van der Waals surface area contributed by atoms with Crippen LogP contribution in [0, 0.1) is 0 Å². The van der Waals surface area contributed by atoms with Crippen LogP contribution in [0.15, 0.2) is 23.9 Å². The maximum absolute atomic E-state index is 12.2. The fourth-order valence-corrected chi connectivity index (χ4v) is 1.07. The van der Waals surface area contributed by atoms with Gasteiger partial charge in [-0.05, 0) is 6.07 Å². The molecule has 0 saturated carbocycles. The van der Waals surface area contributed by atoms with Crippen LogP contribution in [0.25, 0.3) is 0 Å². The Morgan fingerprint density at radius 1 is 1.59 bits per heavy atom. The molecule has 0 atom stereocenters. The summed E-state index contributed by atoms with van der Waals surface area (Å²) in [5.41, 5.74) is -1.04. The predicted octanol–water partition coefficient (Wildman–Crippen LogP) is 1.77. The van der Waals surface area contributed by atoms with E-state index in [1.807, 2.05) is 0 Å². The molecule has 0 aliphatic heterocycles. The number of hydrogen-bond donors (Lipinski definition) is 1. The fraction of sp³-hybridized carbons (Fsp3) is 0.333. The Hall–Kier alpha value is -1.50. The highest BCUT2D eigenvalue weighted by molar-refractivity contribution is 6.29. The summed E-state index contributed by atoms with van der Waals surface area (Å²) in [6.45, 7) is 3.11. The van der Waals surface area contributed by atoms with Crippen molar-refractivity contribution >= 4 is 17.5 Å². The first-order chi connectivity index (χ1) is 7.79. The molecule has 94 valence electrons. The van der Waals surface area contributed by atoms with Gasteiger partial charge in [0.25, 0.3) is 0 Å². The quantitative estimate of drug-likeness (QED) is 0.904. The monoisotopic (exact) mass is 267 g/mol. The zero-order valence-electron chi connectivity index (χ0n) is 8.59. The van der Waals surface area contributed by atoms with E-state index in [-0.39, 0.29) is 18.1 Å².